The third-order valence-electron chi connectivity index (χ3n) is 1.41. The average molecular weight is 373 g/mol. The van der Waals surface area contributed by atoms with E-state index in [1.165, 1.54) is 6.07 Å². The van der Waals surface area contributed by atoms with Gasteiger partial charge in [-0.15, -0.1) is 24.0 Å². The molecule has 0 unspecified atom stereocenters. The minimum atomic E-state index is -0.261. The van der Waals surface area contributed by atoms with Crippen molar-refractivity contribution in [3.8, 4) is 0 Å². The van der Waals surface area contributed by atoms with E-state index in [0.29, 0.717) is 11.3 Å². The van der Waals surface area contributed by atoms with Crippen LogP contribution in [-0.2, 0) is 0 Å². The molecule has 17 heavy (non-hydrogen) atoms. The molecule has 0 aliphatic carbocycles. The van der Waals surface area contributed by atoms with Crippen molar-refractivity contribution >= 4 is 42.5 Å². The molecule has 2 nitrogen and oxygen atoms in total. The van der Waals surface area contributed by atoms with E-state index in [1.54, 1.807) is 25.1 Å². The van der Waals surface area contributed by atoms with E-state index in [1.807, 2.05) is 0 Å². The van der Waals surface area contributed by atoms with E-state index in [-0.39, 0.29) is 35.3 Å². The lowest BCUT2D eigenvalue weighted by Crippen LogP contribution is -1.96. The van der Waals surface area contributed by atoms with Gasteiger partial charge in [0, 0.05) is 5.56 Å². The van der Waals surface area contributed by atoms with E-state index >= 15 is 0 Å². The number of halogens is 2. The van der Waals surface area contributed by atoms with E-state index in [9.17, 15) is 4.39 Å². The van der Waals surface area contributed by atoms with Crippen LogP contribution in [0.4, 0.5) is 4.39 Å². The van der Waals surface area contributed by atoms with Crippen LogP contribution in [0.1, 0.15) is 33.3 Å². The maximum Gasteiger partial charge on any atom is 0.132 e. The quantitative estimate of drug-likeness (QED) is 0.440. The second-order valence-corrected chi connectivity index (χ2v) is 4.10. The molecule has 0 saturated heterocycles. The van der Waals surface area contributed by atoms with Crippen molar-refractivity contribution in [1.29, 1.82) is 0 Å². The van der Waals surface area contributed by atoms with Crippen LogP contribution >= 0.6 is 36.8 Å². The van der Waals surface area contributed by atoms with Crippen molar-refractivity contribution in [1.82, 2.24) is 0 Å². The Morgan fingerprint density at radius 3 is 2.00 bits per heavy atom. The smallest absolute Gasteiger partial charge is 0.132 e. The lowest BCUT2D eigenvalue weighted by atomic mass is 10.1. The summed E-state index contributed by atoms with van der Waals surface area (Å²) in [6, 6.07) is 6.48. The lowest BCUT2D eigenvalue weighted by Gasteiger charge is -1.98. The Kier molecular flexibility index (Phi) is 16.0. The predicted octanol–water partition coefficient (Wildman–Crippen LogP) is 3.94. The molecule has 100 valence electrons. The highest BCUT2D eigenvalue weighted by Crippen LogP contribution is 2.07. The van der Waals surface area contributed by atoms with Crippen LogP contribution in [-0.4, -0.2) is 11.2 Å². The highest BCUT2D eigenvalue weighted by Gasteiger charge is 2.01. The van der Waals surface area contributed by atoms with E-state index in [4.69, 9.17) is 0 Å². The highest BCUT2D eigenvalue weighted by atomic mass is 127. The van der Waals surface area contributed by atoms with Crippen molar-refractivity contribution < 1.29 is 9.87 Å². The molecule has 0 spiro atoms. The fraction of sp³-hybridized carbons (Fsp3) is 0.417. The summed E-state index contributed by atoms with van der Waals surface area (Å²) in [6.07, 6.45) is 0. The maximum atomic E-state index is 12.9. The van der Waals surface area contributed by atoms with Gasteiger partial charge >= 0.3 is 0 Å². The summed E-state index contributed by atoms with van der Waals surface area (Å²) in [5.74, 6) is 0.572. The molecule has 1 aromatic carbocycles. The van der Waals surface area contributed by atoms with Crippen LogP contribution in [0, 0.1) is 11.7 Å². The second kappa shape index (κ2) is 12.3. The van der Waals surface area contributed by atoms with E-state index in [2.05, 4.69) is 38.0 Å². The number of benzene rings is 1. The monoisotopic (exact) mass is 373 g/mol. The topological polar surface area (TPSA) is 43.9 Å². The summed E-state index contributed by atoms with van der Waals surface area (Å²) >= 11 is 3.70. The van der Waals surface area contributed by atoms with Crippen molar-refractivity contribution in [2.24, 2.45) is 10.3 Å². The van der Waals surface area contributed by atoms with Gasteiger partial charge in [0.2, 0.25) is 0 Å². The number of hydrogen-bond donors (Lipinski definition) is 1. The zero-order chi connectivity index (χ0) is 11.8. The molecule has 0 bridgehead atoms. The fourth-order valence-corrected chi connectivity index (χ4v) is 0.916. The zero-order valence-corrected chi connectivity index (χ0v) is 13.8. The van der Waals surface area contributed by atoms with Crippen LogP contribution in [0.3, 0.4) is 0 Å². The van der Waals surface area contributed by atoms with Gasteiger partial charge in [0.25, 0.3) is 0 Å². The van der Waals surface area contributed by atoms with Gasteiger partial charge in [0.1, 0.15) is 5.82 Å². The van der Waals surface area contributed by atoms with Crippen molar-refractivity contribution in [2.75, 3.05) is 0 Å². The van der Waals surface area contributed by atoms with Crippen LogP contribution in [0.2, 0.25) is 0 Å². The first-order chi connectivity index (χ1) is 6.99. The van der Waals surface area contributed by atoms with Crippen LogP contribution in [0.15, 0.2) is 28.7 Å². The molecule has 0 fully saturated rings. The molecular formula is C12H21FINOS. The van der Waals surface area contributed by atoms with Crippen molar-refractivity contribution in [3.05, 3.63) is 35.6 Å². The molecule has 0 heterocycles. The number of thiol groups is 1. The summed E-state index contributed by atoms with van der Waals surface area (Å²) in [7, 11) is 0. The van der Waals surface area contributed by atoms with Crippen LogP contribution in [0.5, 0.6) is 0 Å². The van der Waals surface area contributed by atoms with Crippen LogP contribution < -0.4 is 0 Å². The minimum Gasteiger partial charge on any atom is -0.412 e. The normalized spacial score (nSPS) is 9.71. The third kappa shape index (κ3) is 10.7. The van der Waals surface area contributed by atoms with Gasteiger partial charge in [-0.3, -0.25) is 0 Å². The molecule has 0 aliphatic heterocycles. The highest BCUT2D eigenvalue weighted by molar-refractivity contribution is 14.0. The molecule has 0 atom stereocenters. The molecule has 0 aromatic heterocycles. The first-order valence-corrected chi connectivity index (χ1v) is 5.32. The van der Waals surface area contributed by atoms with E-state index in [0.717, 1.165) is 5.92 Å². The van der Waals surface area contributed by atoms with Gasteiger partial charge in [-0.05, 0) is 31.7 Å². The first-order valence-electron chi connectivity index (χ1n) is 4.92. The Balaban J connectivity index is -0.000000289. The van der Waals surface area contributed by atoms with E-state index < -0.39 is 0 Å². The molecule has 1 rings (SSSR count). The average Bonchev–Trinajstić information content (AvgIpc) is 2.16. The Hall–Kier alpha value is -0.140. The summed E-state index contributed by atoms with van der Waals surface area (Å²) < 4.78 is 16.5. The zero-order valence-electron chi connectivity index (χ0n) is 10.6. The SMILES string of the molecule is C/C(=N\S)c1ccccc1F.CC(C)C.I.O. The maximum absolute atomic E-state index is 12.9. The largest absolute Gasteiger partial charge is 0.412 e. The molecule has 5 heteroatoms. The molecule has 0 radical (unpaired) electrons. The predicted molar refractivity (Wildman–Crippen MR) is 87.1 cm³/mol. The van der Waals surface area contributed by atoms with Gasteiger partial charge in [-0.25, -0.2) is 8.79 Å². The van der Waals surface area contributed by atoms with Crippen LogP contribution in [0.25, 0.3) is 0 Å². The van der Waals surface area contributed by atoms with Crippen molar-refractivity contribution in [3.63, 3.8) is 0 Å². The molecule has 1 aromatic rings. The summed E-state index contributed by atoms with van der Waals surface area (Å²) in [6.45, 7) is 8.21. The molecule has 0 aliphatic rings. The van der Waals surface area contributed by atoms with Gasteiger partial charge < -0.3 is 5.48 Å². The Morgan fingerprint density at radius 1 is 1.24 bits per heavy atom. The van der Waals surface area contributed by atoms with Gasteiger partial charge in [-0.2, -0.15) is 0 Å². The minimum absolute atomic E-state index is 0. The van der Waals surface area contributed by atoms with Gasteiger partial charge in [0.05, 0.1) is 5.71 Å². The fourth-order valence-electron chi connectivity index (χ4n) is 0.808. The molecular weight excluding hydrogens is 352 g/mol. The Bertz CT molecular complexity index is 329. The Labute approximate surface area is 126 Å². The lowest BCUT2D eigenvalue weighted by molar-refractivity contribution is 0.625. The number of nitrogens with zero attached hydrogens (tertiary/aromatic N) is 1. The standard InChI is InChI=1S/C8H8FNS.C4H10.HI.H2O/c1-6(10-11)7-4-2-3-5-8(7)9;1-4(2)3;;/h2-5,11H,1H3;4H,1-3H3;1H;1H2/b10-6+;;;. The van der Waals surface area contributed by atoms with Gasteiger partial charge in [-0.1, -0.05) is 39.0 Å². The summed E-state index contributed by atoms with van der Waals surface area (Å²) in [5, 5.41) is 0. The van der Waals surface area contributed by atoms with Gasteiger partial charge in [0.15, 0.2) is 0 Å². The summed E-state index contributed by atoms with van der Waals surface area (Å²) in [5.41, 5.74) is 1.09. The number of rotatable bonds is 1. The molecule has 0 amide bonds. The summed E-state index contributed by atoms with van der Waals surface area (Å²) in [4.78, 5) is 0. The third-order valence-corrected chi connectivity index (χ3v) is 1.71. The molecule has 0 saturated carbocycles. The Morgan fingerprint density at radius 2 is 1.65 bits per heavy atom. The first kappa shape index (κ1) is 22.1. The van der Waals surface area contributed by atoms with Crippen molar-refractivity contribution in [2.45, 2.75) is 27.7 Å². The molecule has 2 N–H and O–H groups in total. The number of hydrogen-bond acceptors (Lipinski definition) is 2. The second-order valence-electron chi connectivity index (χ2n) is 3.90.